The van der Waals surface area contributed by atoms with Crippen LogP contribution < -0.4 is 25.4 Å². The minimum Gasteiger partial charge on any atom is -0.491 e. The van der Waals surface area contributed by atoms with Gasteiger partial charge in [0.25, 0.3) is 11.8 Å². The average molecular weight is 780 g/mol. The van der Waals surface area contributed by atoms with E-state index in [0.29, 0.717) is 35.5 Å². The molecule has 1 saturated heterocycles. The highest BCUT2D eigenvalue weighted by Crippen LogP contribution is 2.37. The number of carbonyl (C=O) groups excluding carboxylic acids is 5. The number of anilines is 2. The molecule has 57 heavy (non-hydrogen) atoms. The maximum atomic E-state index is 13.4. The fraction of sp³-hybridized carbons (Fsp3) is 0.225. The van der Waals surface area contributed by atoms with E-state index in [4.69, 9.17) is 15.2 Å². The summed E-state index contributed by atoms with van der Waals surface area (Å²) in [6.45, 7) is 0.723. The van der Waals surface area contributed by atoms with Gasteiger partial charge >= 0.3 is 6.18 Å². The number of piperidine rings is 1. The number of nitrogen functional groups attached to an aromatic ring is 1. The number of hydrogen-bond donors (Lipinski definition) is 2. The second-order valence-corrected chi connectivity index (χ2v) is 13.6. The monoisotopic (exact) mass is 779 g/mol. The number of carbonyl (C=O) groups is 5. The SMILES string of the molecule is Nc1ncc(-c2cnn(CCOc3cccc4c3C(=O)N(C3CCC(=O)NC3=O)C4=O)c2)cc1Oc1ccc2c(c1)CCN2C(=O)Cc1cccc(C(F)(F)F)c1. The van der Waals surface area contributed by atoms with Gasteiger partial charge in [-0.05, 0) is 66.4 Å². The van der Waals surface area contributed by atoms with Crippen molar-refractivity contribution in [3.63, 3.8) is 0 Å². The van der Waals surface area contributed by atoms with Crippen molar-refractivity contribution in [3.8, 4) is 28.4 Å². The van der Waals surface area contributed by atoms with Crippen LogP contribution in [-0.2, 0) is 39.9 Å². The van der Waals surface area contributed by atoms with Crippen LogP contribution in [-0.4, -0.2) is 68.4 Å². The molecule has 14 nitrogen and oxygen atoms in total. The molecule has 3 aromatic carbocycles. The lowest BCUT2D eigenvalue weighted by Gasteiger charge is -2.27. The summed E-state index contributed by atoms with van der Waals surface area (Å²) < 4.78 is 53.2. The second kappa shape index (κ2) is 14.6. The number of pyridine rings is 1. The normalized spacial score (nSPS) is 16.4. The van der Waals surface area contributed by atoms with E-state index >= 15 is 0 Å². The van der Waals surface area contributed by atoms with Gasteiger partial charge in [0, 0.05) is 42.2 Å². The molecule has 17 heteroatoms. The number of fused-ring (bicyclic) bond motifs is 2. The molecule has 0 radical (unpaired) electrons. The lowest BCUT2D eigenvalue weighted by atomic mass is 10.0. The quantitative estimate of drug-likeness (QED) is 0.184. The zero-order valence-electron chi connectivity index (χ0n) is 29.9. The molecule has 3 aliphatic rings. The van der Waals surface area contributed by atoms with E-state index in [-0.39, 0.29) is 72.3 Å². The average Bonchev–Trinajstić information content (AvgIpc) is 3.89. The van der Waals surface area contributed by atoms with Crippen LogP contribution in [0.4, 0.5) is 24.7 Å². The van der Waals surface area contributed by atoms with Gasteiger partial charge in [-0.25, -0.2) is 4.98 Å². The van der Waals surface area contributed by atoms with Crippen molar-refractivity contribution in [1.82, 2.24) is 25.0 Å². The Kier molecular flexibility index (Phi) is 9.43. The number of alkyl halides is 3. The van der Waals surface area contributed by atoms with Gasteiger partial charge in [0.15, 0.2) is 11.6 Å². The molecule has 5 heterocycles. The Bertz CT molecular complexity index is 2480. The van der Waals surface area contributed by atoms with Gasteiger partial charge in [0.1, 0.15) is 24.1 Å². The van der Waals surface area contributed by atoms with Crippen molar-refractivity contribution >= 4 is 41.0 Å². The number of nitrogens with one attached hydrogen (secondary N) is 1. The predicted molar refractivity (Wildman–Crippen MR) is 196 cm³/mol. The number of amides is 5. The Hall–Kier alpha value is -7.04. The lowest BCUT2D eigenvalue weighted by Crippen LogP contribution is -2.54. The first-order chi connectivity index (χ1) is 27.3. The Morgan fingerprint density at radius 2 is 1.75 bits per heavy atom. The Labute approximate surface area is 322 Å². The van der Waals surface area contributed by atoms with Gasteiger partial charge in [-0.1, -0.05) is 24.3 Å². The van der Waals surface area contributed by atoms with E-state index in [1.807, 2.05) is 0 Å². The van der Waals surface area contributed by atoms with Crippen LogP contribution in [0.25, 0.3) is 11.1 Å². The summed E-state index contributed by atoms with van der Waals surface area (Å²) in [5.41, 5.74) is 8.64. The summed E-state index contributed by atoms with van der Waals surface area (Å²) in [4.78, 5) is 70.4. The van der Waals surface area contributed by atoms with Crippen molar-refractivity contribution in [2.75, 3.05) is 23.8 Å². The van der Waals surface area contributed by atoms with Gasteiger partial charge in [0.2, 0.25) is 17.7 Å². The Morgan fingerprint density at radius 1 is 0.930 bits per heavy atom. The third-order valence-electron chi connectivity index (χ3n) is 9.94. The topological polar surface area (TPSA) is 179 Å². The van der Waals surface area contributed by atoms with Crippen molar-refractivity contribution in [1.29, 1.82) is 0 Å². The van der Waals surface area contributed by atoms with Crippen LogP contribution in [0, 0.1) is 0 Å². The van der Waals surface area contributed by atoms with Crippen LogP contribution in [0.2, 0.25) is 0 Å². The summed E-state index contributed by atoms with van der Waals surface area (Å²) in [6.07, 6.45) is 0.859. The zero-order chi connectivity index (χ0) is 40.0. The van der Waals surface area contributed by atoms with E-state index in [9.17, 15) is 37.1 Å². The molecule has 0 aliphatic carbocycles. The zero-order valence-corrected chi connectivity index (χ0v) is 29.9. The number of imide groups is 2. The number of hydrogen-bond acceptors (Lipinski definition) is 10. The molecule has 5 amide bonds. The Morgan fingerprint density at radius 3 is 2.56 bits per heavy atom. The van der Waals surface area contributed by atoms with E-state index in [1.165, 1.54) is 18.2 Å². The van der Waals surface area contributed by atoms with Gasteiger partial charge in [0.05, 0.1) is 35.9 Å². The van der Waals surface area contributed by atoms with E-state index < -0.39 is 41.4 Å². The van der Waals surface area contributed by atoms with Gasteiger partial charge in [-0.2, -0.15) is 18.3 Å². The molecule has 0 saturated carbocycles. The number of halogens is 3. The van der Waals surface area contributed by atoms with Crippen LogP contribution in [0.3, 0.4) is 0 Å². The molecule has 5 aromatic rings. The lowest BCUT2D eigenvalue weighted by molar-refractivity contribution is -0.138. The van der Waals surface area contributed by atoms with Crippen LogP contribution in [0.5, 0.6) is 17.2 Å². The van der Waals surface area contributed by atoms with Crippen molar-refractivity contribution in [2.45, 2.75) is 44.4 Å². The van der Waals surface area contributed by atoms with Crippen LogP contribution in [0.15, 0.2) is 85.3 Å². The molecular formula is C40H32F3N7O7. The highest BCUT2D eigenvalue weighted by Gasteiger charge is 2.46. The number of ether oxygens (including phenoxy) is 2. The highest BCUT2D eigenvalue weighted by atomic mass is 19.4. The first kappa shape index (κ1) is 36.9. The third-order valence-corrected chi connectivity index (χ3v) is 9.94. The standard InChI is InChI=1S/C40H32F3N7O7/c41-40(42,43)26-4-1-3-22(15-26)16-34(52)49-12-11-23-17-27(7-8-29(23)49)57-32-18-24(19-45-36(32)44)25-20-46-48(21-25)13-14-56-31-6-2-5-28-35(31)39(55)50(38(28)54)30-9-10-33(51)47-37(30)53/h1-8,15,17-21,30H,9-14,16H2,(H2,44,45)(H,47,51,53). The predicted octanol–water partition coefficient (Wildman–Crippen LogP) is 4.95. The maximum absolute atomic E-state index is 13.4. The number of benzene rings is 3. The largest absolute Gasteiger partial charge is 0.491 e. The molecule has 1 unspecified atom stereocenters. The first-order valence-electron chi connectivity index (χ1n) is 17.9. The molecule has 1 atom stereocenters. The third kappa shape index (κ3) is 7.26. The van der Waals surface area contributed by atoms with Crippen molar-refractivity contribution in [3.05, 3.63) is 113 Å². The minimum absolute atomic E-state index is 0.0130. The second-order valence-electron chi connectivity index (χ2n) is 13.6. The van der Waals surface area contributed by atoms with Crippen molar-refractivity contribution in [2.24, 2.45) is 0 Å². The van der Waals surface area contributed by atoms with E-state index in [1.54, 1.807) is 64.6 Å². The first-order valence-corrected chi connectivity index (χ1v) is 17.9. The molecular weight excluding hydrogens is 747 g/mol. The fourth-order valence-electron chi connectivity index (χ4n) is 7.14. The smallest absolute Gasteiger partial charge is 0.416 e. The number of nitrogens with zero attached hydrogens (tertiary/aromatic N) is 5. The maximum Gasteiger partial charge on any atom is 0.416 e. The number of nitrogens with two attached hydrogens (primary N) is 1. The fourth-order valence-corrected chi connectivity index (χ4v) is 7.14. The highest BCUT2D eigenvalue weighted by molar-refractivity contribution is 6.24. The van der Waals surface area contributed by atoms with Gasteiger partial charge in [-0.3, -0.25) is 38.9 Å². The minimum atomic E-state index is -4.50. The molecule has 0 spiro atoms. The molecule has 3 N–H and O–H groups in total. The number of aromatic nitrogens is 3. The molecule has 8 rings (SSSR count). The molecule has 290 valence electrons. The van der Waals surface area contributed by atoms with E-state index in [0.717, 1.165) is 22.6 Å². The molecule has 3 aliphatic heterocycles. The summed E-state index contributed by atoms with van der Waals surface area (Å²) in [7, 11) is 0. The van der Waals surface area contributed by atoms with E-state index in [2.05, 4.69) is 15.4 Å². The van der Waals surface area contributed by atoms with Crippen molar-refractivity contribution < 1.29 is 46.6 Å². The number of rotatable bonds is 10. The summed E-state index contributed by atoms with van der Waals surface area (Å²) in [6, 6.07) is 15.2. The summed E-state index contributed by atoms with van der Waals surface area (Å²) in [5.74, 6) is -1.72. The molecule has 1 fully saturated rings. The molecule has 2 aromatic heterocycles. The van der Waals surface area contributed by atoms with Gasteiger partial charge < -0.3 is 20.1 Å². The molecule has 0 bridgehead atoms. The van der Waals surface area contributed by atoms with Crippen LogP contribution >= 0.6 is 0 Å². The summed E-state index contributed by atoms with van der Waals surface area (Å²) in [5, 5.41) is 6.58. The van der Waals surface area contributed by atoms with Gasteiger partial charge in [-0.15, -0.1) is 0 Å². The Balaban J connectivity index is 0.899. The summed E-state index contributed by atoms with van der Waals surface area (Å²) >= 11 is 0. The van der Waals surface area contributed by atoms with Crippen LogP contribution in [0.1, 0.15) is 50.2 Å².